The number of rotatable bonds is 5. The van der Waals surface area contributed by atoms with E-state index in [2.05, 4.69) is 15.1 Å². The van der Waals surface area contributed by atoms with Crippen LogP contribution in [0.4, 0.5) is 0 Å². The minimum atomic E-state index is 0.793. The van der Waals surface area contributed by atoms with Crippen molar-refractivity contribution in [3.8, 4) is 0 Å². The van der Waals surface area contributed by atoms with Crippen LogP contribution in [-0.2, 0) is 0 Å². The van der Waals surface area contributed by atoms with E-state index in [-0.39, 0.29) is 0 Å². The van der Waals surface area contributed by atoms with Crippen LogP contribution in [0.25, 0.3) is 0 Å². The third-order valence-corrected chi connectivity index (χ3v) is 5.36. The van der Waals surface area contributed by atoms with Gasteiger partial charge in [-0.3, -0.25) is 4.90 Å². The smallest absolute Gasteiger partial charge is 0.0249 e. The number of piperidine rings is 2. The molecule has 3 rings (SSSR count). The molecule has 110 valence electrons. The number of nitrogens with one attached hydrogen (secondary N) is 1. The molecule has 0 amide bonds. The van der Waals surface area contributed by atoms with Crippen LogP contribution in [0.1, 0.15) is 51.4 Å². The summed E-state index contributed by atoms with van der Waals surface area (Å²) in [5, 5.41) is 3.85. The van der Waals surface area contributed by atoms with Crippen LogP contribution in [0.3, 0.4) is 0 Å². The van der Waals surface area contributed by atoms with Crippen molar-refractivity contribution in [2.45, 2.75) is 63.5 Å². The summed E-state index contributed by atoms with van der Waals surface area (Å²) < 4.78 is 0. The molecule has 3 heterocycles. The first kappa shape index (κ1) is 13.8. The van der Waals surface area contributed by atoms with Crippen molar-refractivity contribution in [1.82, 2.24) is 15.1 Å². The highest BCUT2D eigenvalue weighted by atomic mass is 15.2. The zero-order chi connectivity index (χ0) is 12.9. The first-order valence-corrected chi connectivity index (χ1v) is 8.63. The summed E-state index contributed by atoms with van der Waals surface area (Å²) >= 11 is 0. The molecule has 0 aromatic heterocycles. The fraction of sp³-hybridized carbons (Fsp3) is 1.00. The van der Waals surface area contributed by atoms with Crippen LogP contribution in [-0.4, -0.2) is 61.2 Å². The zero-order valence-electron chi connectivity index (χ0n) is 12.4. The Morgan fingerprint density at radius 2 is 1.68 bits per heavy atom. The topological polar surface area (TPSA) is 18.5 Å². The van der Waals surface area contributed by atoms with Crippen LogP contribution in [0.15, 0.2) is 0 Å². The van der Waals surface area contributed by atoms with Crippen LogP contribution in [0.2, 0.25) is 0 Å². The molecule has 3 fully saturated rings. The molecule has 2 atom stereocenters. The highest BCUT2D eigenvalue weighted by Gasteiger charge is 2.34. The van der Waals surface area contributed by atoms with Gasteiger partial charge in [0.25, 0.3) is 0 Å². The average Bonchev–Trinajstić information content (AvgIpc) is 2.88. The van der Waals surface area contributed by atoms with Crippen molar-refractivity contribution in [2.75, 3.05) is 39.3 Å². The van der Waals surface area contributed by atoms with Gasteiger partial charge in [-0.15, -0.1) is 0 Å². The Kier molecular flexibility index (Phi) is 5.14. The molecule has 0 radical (unpaired) electrons. The third-order valence-electron chi connectivity index (χ3n) is 5.36. The van der Waals surface area contributed by atoms with Crippen molar-refractivity contribution in [3.63, 3.8) is 0 Å². The molecule has 3 aliphatic rings. The van der Waals surface area contributed by atoms with Gasteiger partial charge in [0.05, 0.1) is 0 Å². The number of likely N-dealkylation sites (tertiary alicyclic amines) is 1. The normalized spacial score (nSPS) is 33.5. The monoisotopic (exact) mass is 265 g/mol. The minimum absolute atomic E-state index is 0.793. The van der Waals surface area contributed by atoms with Gasteiger partial charge in [-0.25, -0.2) is 0 Å². The van der Waals surface area contributed by atoms with E-state index in [4.69, 9.17) is 0 Å². The summed E-state index contributed by atoms with van der Waals surface area (Å²) in [6, 6.07) is 1.66. The molecule has 19 heavy (non-hydrogen) atoms. The fourth-order valence-corrected chi connectivity index (χ4v) is 4.26. The van der Waals surface area contributed by atoms with Crippen LogP contribution in [0.5, 0.6) is 0 Å². The van der Waals surface area contributed by atoms with Gasteiger partial charge in [-0.1, -0.05) is 12.8 Å². The summed E-state index contributed by atoms with van der Waals surface area (Å²) in [6.07, 6.45) is 11.3. The lowest BCUT2D eigenvalue weighted by molar-refractivity contribution is 0.179. The summed E-state index contributed by atoms with van der Waals surface area (Å²) in [5.41, 5.74) is 0. The quantitative estimate of drug-likeness (QED) is 0.768. The molecule has 3 heteroatoms. The molecule has 0 spiro atoms. The summed E-state index contributed by atoms with van der Waals surface area (Å²) in [5.74, 6) is 0. The van der Waals surface area contributed by atoms with E-state index in [1.165, 1.54) is 90.6 Å². The molecule has 3 saturated heterocycles. The van der Waals surface area contributed by atoms with Crippen molar-refractivity contribution >= 4 is 0 Å². The lowest BCUT2D eigenvalue weighted by atomic mass is 9.99. The largest absolute Gasteiger partial charge is 0.312 e. The molecule has 0 bridgehead atoms. The summed E-state index contributed by atoms with van der Waals surface area (Å²) in [4.78, 5) is 5.39. The lowest BCUT2D eigenvalue weighted by Gasteiger charge is -2.33. The second kappa shape index (κ2) is 7.05. The second-order valence-corrected chi connectivity index (χ2v) is 6.70. The van der Waals surface area contributed by atoms with Crippen molar-refractivity contribution in [3.05, 3.63) is 0 Å². The minimum Gasteiger partial charge on any atom is -0.312 e. The molecule has 0 saturated carbocycles. The summed E-state index contributed by atoms with van der Waals surface area (Å²) in [7, 11) is 0. The first-order valence-electron chi connectivity index (χ1n) is 8.63. The van der Waals surface area contributed by atoms with E-state index in [0.717, 1.165) is 12.1 Å². The van der Waals surface area contributed by atoms with E-state index < -0.39 is 0 Å². The highest BCUT2D eigenvalue weighted by molar-refractivity contribution is 4.93. The standard InChI is InChI=1S/C16H31N3/c1-3-10-18(11-4-1)12-6-9-17-15-8-14-19-13-5-2-7-16(15)19/h15-17H,1-14H2. The molecule has 0 aromatic rings. The Labute approximate surface area is 118 Å². The van der Waals surface area contributed by atoms with Gasteiger partial charge in [-0.2, -0.15) is 0 Å². The van der Waals surface area contributed by atoms with E-state index in [1.807, 2.05) is 0 Å². The average molecular weight is 265 g/mol. The molecule has 3 nitrogen and oxygen atoms in total. The lowest BCUT2D eigenvalue weighted by Crippen LogP contribution is -2.45. The molecule has 2 unspecified atom stereocenters. The summed E-state index contributed by atoms with van der Waals surface area (Å²) in [6.45, 7) is 7.93. The van der Waals surface area contributed by atoms with Gasteiger partial charge in [0.2, 0.25) is 0 Å². The van der Waals surface area contributed by atoms with Crippen molar-refractivity contribution in [2.24, 2.45) is 0 Å². The number of fused-ring (bicyclic) bond motifs is 1. The number of hydrogen-bond acceptors (Lipinski definition) is 3. The second-order valence-electron chi connectivity index (χ2n) is 6.70. The Bertz CT molecular complexity index is 263. The molecule has 3 aliphatic heterocycles. The molecular formula is C16H31N3. The number of hydrogen-bond donors (Lipinski definition) is 1. The maximum absolute atomic E-state index is 3.85. The molecule has 0 aliphatic carbocycles. The predicted octanol–water partition coefficient (Wildman–Crippen LogP) is 2.08. The van der Waals surface area contributed by atoms with Gasteiger partial charge >= 0.3 is 0 Å². The SMILES string of the molecule is C1CCN(CCCNC2CCN3CCCCC23)CC1. The Hall–Kier alpha value is -0.120. The van der Waals surface area contributed by atoms with Gasteiger partial charge in [0, 0.05) is 18.6 Å². The molecule has 0 aromatic carbocycles. The van der Waals surface area contributed by atoms with Gasteiger partial charge in [-0.05, 0) is 71.2 Å². The Balaban J connectivity index is 1.31. The third kappa shape index (κ3) is 3.71. The Morgan fingerprint density at radius 1 is 0.842 bits per heavy atom. The maximum Gasteiger partial charge on any atom is 0.0249 e. The van der Waals surface area contributed by atoms with Gasteiger partial charge in [0.1, 0.15) is 0 Å². The zero-order valence-corrected chi connectivity index (χ0v) is 12.4. The van der Waals surface area contributed by atoms with E-state index >= 15 is 0 Å². The van der Waals surface area contributed by atoms with Crippen LogP contribution in [0, 0.1) is 0 Å². The van der Waals surface area contributed by atoms with E-state index in [9.17, 15) is 0 Å². The maximum atomic E-state index is 3.85. The van der Waals surface area contributed by atoms with Crippen LogP contribution >= 0.6 is 0 Å². The predicted molar refractivity (Wildman–Crippen MR) is 80.5 cm³/mol. The van der Waals surface area contributed by atoms with Gasteiger partial charge in [0.15, 0.2) is 0 Å². The van der Waals surface area contributed by atoms with E-state index in [1.54, 1.807) is 0 Å². The fourth-order valence-electron chi connectivity index (χ4n) is 4.26. The Morgan fingerprint density at radius 3 is 2.58 bits per heavy atom. The highest BCUT2D eigenvalue weighted by Crippen LogP contribution is 2.27. The molecule has 1 N–H and O–H groups in total. The molecular weight excluding hydrogens is 234 g/mol. The van der Waals surface area contributed by atoms with Crippen molar-refractivity contribution in [1.29, 1.82) is 0 Å². The van der Waals surface area contributed by atoms with Gasteiger partial charge < -0.3 is 10.2 Å². The first-order chi connectivity index (χ1) is 9.43. The number of nitrogens with zero attached hydrogens (tertiary/aromatic N) is 2. The van der Waals surface area contributed by atoms with Crippen LogP contribution < -0.4 is 5.32 Å². The van der Waals surface area contributed by atoms with Crippen molar-refractivity contribution < 1.29 is 0 Å². The van der Waals surface area contributed by atoms with E-state index in [0.29, 0.717) is 0 Å².